The molecule has 2 aliphatic rings. The summed E-state index contributed by atoms with van der Waals surface area (Å²) in [6, 6.07) is 11.1. The molecule has 2 aliphatic heterocycles. The number of hydrogen-bond donors (Lipinski definition) is 0. The number of rotatable bonds is 5. The van der Waals surface area contributed by atoms with Gasteiger partial charge < -0.3 is 9.80 Å². The van der Waals surface area contributed by atoms with Gasteiger partial charge in [0.2, 0.25) is 5.95 Å². The summed E-state index contributed by atoms with van der Waals surface area (Å²) in [5.41, 5.74) is 1.65. The molecule has 9 heteroatoms. The molecule has 1 fully saturated rings. The Morgan fingerprint density at radius 1 is 0.806 bits per heavy atom. The molecule has 0 aliphatic carbocycles. The van der Waals surface area contributed by atoms with E-state index in [1.165, 1.54) is 16.2 Å². The molecular formula is C22H20N6O2S. The summed E-state index contributed by atoms with van der Waals surface area (Å²) in [6.07, 6.45) is 5.11. The molecule has 0 aromatic carbocycles. The highest BCUT2D eigenvalue weighted by Gasteiger charge is 2.42. The molecule has 2 amide bonds. The molecule has 0 atom stereocenters. The van der Waals surface area contributed by atoms with E-state index in [9.17, 15) is 9.59 Å². The minimum Gasteiger partial charge on any atom is -0.363 e. The summed E-state index contributed by atoms with van der Waals surface area (Å²) < 4.78 is 0. The predicted octanol–water partition coefficient (Wildman–Crippen LogP) is 2.04. The van der Waals surface area contributed by atoms with Crippen LogP contribution >= 0.6 is 11.3 Å². The Hall–Kier alpha value is -3.59. The second-order valence-corrected chi connectivity index (χ2v) is 8.19. The molecule has 156 valence electrons. The lowest BCUT2D eigenvalue weighted by atomic mass is 10.1. The molecule has 0 unspecified atom stereocenters. The summed E-state index contributed by atoms with van der Waals surface area (Å²) in [5, 5.41) is 1.92. The number of imide groups is 1. The molecule has 0 saturated carbocycles. The highest BCUT2D eigenvalue weighted by molar-refractivity contribution is 7.11. The number of anilines is 1. The van der Waals surface area contributed by atoms with Crippen LogP contribution in [0.3, 0.4) is 0 Å². The van der Waals surface area contributed by atoms with E-state index in [1.807, 2.05) is 40.6 Å². The van der Waals surface area contributed by atoms with Gasteiger partial charge in [-0.2, -0.15) is 0 Å². The average Bonchev–Trinajstić information content (AvgIpc) is 3.43. The number of nitrogens with zero attached hydrogens (tertiary/aromatic N) is 6. The molecule has 3 aromatic rings. The van der Waals surface area contributed by atoms with Crippen LogP contribution in [0.4, 0.5) is 5.95 Å². The van der Waals surface area contributed by atoms with Gasteiger partial charge >= 0.3 is 0 Å². The third-order valence-electron chi connectivity index (χ3n) is 5.39. The number of carbonyl (C=O) groups is 2. The monoisotopic (exact) mass is 432 g/mol. The van der Waals surface area contributed by atoms with Gasteiger partial charge in [0.1, 0.15) is 5.70 Å². The molecule has 0 spiro atoms. The molecule has 3 aromatic heterocycles. The Labute approximate surface area is 183 Å². The fourth-order valence-corrected chi connectivity index (χ4v) is 4.64. The summed E-state index contributed by atoms with van der Waals surface area (Å²) >= 11 is 1.47. The Kier molecular flexibility index (Phi) is 5.17. The lowest BCUT2D eigenvalue weighted by molar-refractivity contribution is -0.138. The third-order valence-corrected chi connectivity index (χ3v) is 6.28. The van der Waals surface area contributed by atoms with E-state index >= 15 is 0 Å². The topological polar surface area (TPSA) is 82.5 Å². The van der Waals surface area contributed by atoms with Crippen molar-refractivity contribution in [3.8, 4) is 0 Å². The minimum atomic E-state index is -0.262. The zero-order chi connectivity index (χ0) is 21.2. The van der Waals surface area contributed by atoms with E-state index in [2.05, 4.69) is 19.9 Å². The molecule has 5 heterocycles. The molecule has 0 radical (unpaired) electrons. The van der Waals surface area contributed by atoms with Crippen LogP contribution in [0.25, 0.3) is 5.57 Å². The number of piperazine rings is 1. The van der Waals surface area contributed by atoms with Gasteiger partial charge in [0, 0.05) is 49.6 Å². The minimum absolute atomic E-state index is 0.161. The third kappa shape index (κ3) is 3.68. The van der Waals surface area contributed by atoms with Crippen LogP contribution in [0.2, 0.25) is 0 Å². The van der Waals surface area contributed by atoms with E-state index in [-0.39, 0.29) is 18.4 Å². The van der Waals surface area contributed by atoms with E-state index in [4.69, 9.17) is 0 Å². The van der Waals surface area contributed by atoms with Crippen molar-refractivity contribution in [3.63, 3.8) is 0 Å². The van der Waals surface area contributed by atoms with Gasteiger partial charge in [-0.05, 0) is 29.6 Å². The maximum absolute atomic E-state index is 13.4. The summed E-state index contributed by atoms with van der Waals surface area (Å²) in [7, 11) is 0. The van der Waals surface area contributed by atoms with Crippen molar-refractivity contribution in [2.75, 3.05) is 31.1 Å². The second kappa shape index (κ2) is 8.27. The standard InChI is InChI=1S/C22H20N6O2S/c29-20-18(17-6-3-14-31-17)19(21(30)28(20)15-16-5-1-2-7-23-16)26-10-12-27(13-11-26)22-24-8-4-9-25-22/h1-9,14H,10-13,15H2. The van der Waals surface area contributed by atoms with E-state index in [0.29, 0.717) is 49.1 Å². The fraction of sp³-hybridized carbons (Fsp3) is 0.227. The van der Waals surface area contributed by atoms with Crippen LogP contribution < -0.4 is 4.90 Å². The number of hydrogen-bond acceptors (Lipinski definition) is 8. The van der Waals surface area contributed by atoms with Crippen molar-refractivity contribution in [2.45, 2.75) is 6.54 Å². The number of carbonyl (C=O) groups excluding carboxylic acids is 2. The lowest BCUT2D eigenvalue weighted by Gasteiger charge is -2.36. The first kappa shape index (κ1) is 19.4. The van der Waals surface area contributed by atoms with Crippen LogP contribution in [-0.4, -0.2) is 62.7 Å². The number of amides is 2. The second-order valence-electron chi connectivity index (χ2n) is 7.24. The molecular weight excluding hydrogens is 412 g/mol. The highest BCUT2D eigenvalue weighted by Crippen LogP contribution is 2.35. The summed E-state index contributed by atoms with van der Waals surface area (Å²) in [6.45, 7) is 2.73. The van der Waals surface area contributed by atoms with E-state index < -0.39 is 0 Å². The maximum atomic E-state index is 13.4. The van der Waals surface area contributed by atoms with Gasteiger partial charge in [-0.15, -0.1) is 11.3 Å². The molecule has 0 bridgehead atoms. The summed E-state index contributed by atoms with van der Waals surface area (Å²) in [4.78, 5) is 45.9. The van der Waals surface area contributed by atoms with Crippen LogP contribution in [0.15, 0.2) is 66.1 Å². The van der Waals surface area contributed by atoms with Crippen molar-refractivity contribution in [1.82, 2.24) is 24.8 Å². The predicted molar refractivity (Wildman–Crippen MR) is 117 cm³/mol. The van der Waals surface area contributed by atoms with Crippen molar-refractivity contribution in [2.24, 2.45) is 0 Å². The Balaban J connectivity index is 1.42. The fourth-order valence-electron chi connectivity index (χ4n) is 3.88. The first-order valence-electron chi connectivity index (χ1n) is 10.0. The van der Waals surface area contributed by atoms with Crippen LogP contribution in [0.5, 0.6) is 0 Å². The number of aromatic nitrogens is 3. The molecule has 31 heavy (non-hydrogen) atoms. The quantitative estimate of drug-likeness (QED) is 0.571. The van der Waals surface area contributed by atoms with Crippen molar-refractivity contribution in [1.29, 1.82) is 0 Å². The largest absolute Gasteiger partial charge is 0.363 e. The van der Waals surface area contributed by atoms with Gasteiger partial charge in [-0.1, -0.05) is 12.1 Å². The zero-order valence-electron chi connectivity index (χ0n) is 16.7. The van der Waals surface area contributed by atoms with Gasteiger partial charge in [-0.25, -0.2) is 9.97 Å². The summed E-state index contributed by atoms with van der Waals surface area (Å²) in [5.74, 6) is 0.158. The lowest BCUT2D eigenvalue weighted by Crippen LogP contribution is -2.48. The molecule has 8 nitrogen and oxygen atoms in total. The van der Waals surface area contributed by atoms with Crippen LogP contribution in [-0.2, 0) is 16.1 Å². The SMILES string of the molecule is O=C1C(c2cccs2)=C(N2CCN(c3ncccn3)CC2)C(=O)N1Cc1ccccn1. The Bertz CT molecular complexity index is 1110. The number of thiophene rings is 1. The van der Waals surface area contributed by atoms with Crippen LogP contribution in [0, 0.1) is 0 Å². The van der Waals surface area contributed by atoms with Gasteiger partial charge in [0.15, 0.2) is 0 Å². The van der Waals surface area contributed by atoms with Gasteiger partial charge in [-0.3, -0.25) is 19.5 Å². The molecule has 5 rings (SSSR count). The van der Waals surface area contributed by atoms with Crippen LogP contribution in [0.1, 0.15) is 10.6 Å². The zero-order valence-corrected chi connectivity index (χ0v) is 17.5. The Morgan fingerprint density at radius 2 is 1.55 bits per heavy atom. The van der Waals surface area contributed by atoms with Crippen molar-refractivity contribution in [3.05, 3.63) is 76.6 Å². The molecule has 0 N–H and O–H groups in total. The number of pyridine rings is 1. The first-order chi connectivity index (χ1) is 15.2. The van der Waals surface area contributed by atoms with Crippen molar-refractivity contribution < 1.29 is 9.59 Å². The van der Waals surface area contributed by atoms with Crippen molar-refractivity contribution >= 4 is 34.7 Å². The van der Waals surface area contributed by atoms with E-state index in [1.54, 1.807) is 24.7 Å². The average molecular weight is 433 g/mol. The highest BCUT2D eigenvalue weighted by atomic mass is 32.1. The van der Waals surface area contributed by atoms with Gasteiger partial charge in [0.05, 0.1) is 17.8 Å². The van der Waals surface area contributed by atoms with E-state index in [0.717, 1.165) is 4.88 Å². The molecule has 1 saturated heterocycles. The first-order valence-corrected chi connectivity index (χ1v) is 10.9. The maximum Gasteiger partial charge on any atom is 0.278 e. The smallest absolute Gasteiger partial charge is 0.278 e. The Morgan fingerprint density at radius 3 is 2.23 bits per heavy atom. The van der Waals surface area contributed by atoms with Gasteiger partial charge in [0.25, 0.3) is 11.8 Å². The normalized spacial score (nSPS) is 17.1.